The van der Waals surface area contributed by atoms with Crippen LogP contribution in [0, 0.1) is 0 Å². The molecule has 1 rings (SSSR count). The number of sulfonamides is 1. The van der Waals surface area contributed by atoms with Gasteiger partial charge in [0.1, 0.15) is 0 Å². The third kappa shape index (κ3) is 5.60. The van der Waals surface area contributed by atoms with Gasteiger partial charge in [-0.1, -0.05) is 26.2 Å². The first-order chi connectivity index (χ1) is 8.99. The Hall–Kier alpha value is -0.430. The topological polar surface area (TPSA) is 58.2 Å². The van der Waals surface area contributed by atoms with Gasteiger partial charge in [0.25, 0.3) is 0 Å². The van der Waals surface area contributed by atoms with Crippen LogP contribution in [-0.2, 0) is 16.6 Å². The molecular weight excluding hydrogens is 280 g/mol. The van der Waals surface area contributed by atoms with E-state index in [1.807, 2.05) is 14.0 Å². The van der Waals surface area contributed by atoms with Crippen LogP contribution >= 0.6 is 11.3 Å². The lowest BCUT2D eigenvalue weighted by atomic mass is 10.1. The summed E-state index contributed by atoms with van der Waals surface area (Å²) in [5.41, 5.74) is 0. The molecule has 0 saturated carbocycles. The summed E-state index contributed by atoms with van der Waals surface area (Å²) in [7, 11) is -1.51. The van der Waals surface area contributed by atoms with E-state index in [0.29, 0.717) is 11.4 Å². The van der Waals surface area contributed by atoms with E-state index in [-0.39, 0.29) is 6.04 Å². The number of nitrogens with one attached hydrogen (secondary N) is 2. The lowest BCUT2D eigenvalue weighted by Gasteiger charge is -2.13. The SMILES string of the molecule is CCCCCC(C)NS(=O)(=O)c1csc(CNC)c1. The number of unbranched alkanes of at least 4 members (excludes halogenated alkanes) is 2. The van der Waals surface area contributed by atoms with Crippen LogP contribution in [0.1, 0.15) is 44.4 Å². The van der Waals surface area contributed by atoms with Crippen LogP contribution < -0.4 is 10.0 Å². The number of hydrogen-bond donors (Lipinski definition) is 2. The van der Waals surface area contributed by atoms with Crippen molar-refractivity contribution < 1.29 is 8.42 Å². The van der Waals surface area contributed by atoms with Crippen LogP contribution in [0.25, 0.3) is 0 Å². The lowest BCUT2D eigenvalue weighted by Crippen LogP contribution is -2.32. The molecule has 110 valence electrons. The van der Waals surface area contributed by atoms with E-state index in [9.17, 15) is 8.42 Å². The molecular formula is C13H24N2O2S2. The smallest absolute Gasteiger partial charge is 0.241 e. The van der Waals surface area contributed by atoms with E-state index in [4.69, 9.17) is 0 Å². The molecule has 0 saturated heterocycles. The van der Waals surface area contributed by atoms with Crippen molar-refractivity contribution in [2.75, 3.05) is 7.05 Å². The third-order valence-corrected chi connectivity index (χ3v) is 5.54. The Kier molecular flexibility index (Phi) is 6.99. The van der Waals surface area contributed by atoms with E-state index in [1.54, 1.807) is 11.4 Å². The van der Waals surface area contributed by atoms with Crippen LogP contribution in [0.15, 0.2) is 16.3 Å². The zero-order valence-electron chi connectivity index (χ0n) is 11.9. The molecule has 6 heteroatoms. The van der Waals surface area contributed by atoms with Crippen LogP contribution in [0.3, 0.4) is 0 Å². The van der Waals surface area contributed by atoms with Crippen molar-refractivity contribution in [2.24, 2.45) is 0 Å². The first kappa shape index (κ1) is 16.6. The largest absolute Gasteiger partial charge is 0.315 e. The van der Waals surface area contributed by atoms with Crippen molar-refractivity contribution in [2.45, 2.75) is 57.0 Å². The van der Waals surface area contributed by atoms with Gasteiger partial charge in [0.15, 0.2) is 0 Å². The standard InChI is InChI=1S/C13H24N2O2S2/c1-4-5-6-7-11(2)15-19(16,17)13-8-12(9-14-3)18-10-13/h8,10-11,14-15H,4-7,9H2,1-3H3. The molecule has 0 aliphatic rings. The summed E-state index contributed by atoms with van der Waals surface area (Å²) in [6.07, 6.45) is 4.25. The summed E-state index contributed by atoms with van der Waals surface area (Å²) >= 11 is 1.47. The van der Waals surface area contributed by atoms with Gasteiger partial charge in [0, 0.05) is 22.8 Å². The molecule has 4 nitrogen and oxygen atoms in total. The number of hydrogen-bond acceptors (Lipinski definition) is 4. The van der Waals surface area contributed by atoms with Gasteiger partial charge in [0.2, 0.25) is 10.0 Å². The highest BCUT2D eigenvalue weighted by molar-refractivity contribution is 7.89. The van der Waals surface area contributed by atoms with E-state index in [2.05, 4.69) is 17.0 Å². The van der Waals surface area contributed by atoms with E-state index in [0.717, 1.165) is 30.6 Å². The molecule has 2 N–H and O–H groups in total. The summed E-state index contributed by atoms with van der Waals surface area (Å²) in [4.78, 5) is 1.41. The summed E-state index contributed by atoms with van der Waals surface area (Å²) in [6.45, 7) is 4.77. The Morgan fingerprint density at radius 1 is 1.37 bits per heavy atom. The van der Waals surface area contributed by atoms with Gasteiger partial charge in [-0.2, -0.15) is 0 Å². The molecule has 1 aromatic heterocycles. The predicted octanol–water partition coefficient (Wildman–Crippen LogP) is 2.71. The minimum absolute atomic E-state index is 0.01000. The first-order valence-corrected chi connectivity index (χ1v) is 9.10. The van der Waals surface area contributed by atoms with E-state index >= 15 is 0 Å². The van der Waals surface area contributed by atoms with Crippen molar-refractivity contribution >= 4 is 21.4 Å². The summed E-state index contributed by atoms with van der Waals surface area (Å²) in [5.74, 6) is 0. The molecule has 0 aliphatic carbocycles. The molecule has 1 aromatic rings. The molecule has 0 spiro atoms. The molecule has 19 heavy (non-hydrogen) atoms. The highest BCUT2D eigenvalue weighted by atomic mass is 32.2. The number of rotatable bonds is 9. The molecule has 0 radical (unpaired) electrons. The van der Waals surface area contributed by atoms with Gasteiger partial charge >= 0.3 is 0 Å². The van der Waals surface area contributed by atoms with Crippen LogP contribution in [0.5, 0.6) is 0 Å². The van der Waals surface area contributed by atoms with Gasteiger partial charge in [-0.15, -0.1) is 11.3 Å². The summed E-state index contributed by atoms with van der Waals surface area (Å²) in [5, 5.41) is 4.72. The fourth-order valence-electron chi connectivity index (χ4n) is 1.86. The molecule has 0 amide bonds. The monoisotopic (exact) mass is 304 g/mol. The van der Waals surface area contributed by atoms with Crippen LogP contribution in [-0.4, -0.2) is 21.5 Å². The van der Waals surface area contributed by atoms with E-state index in [1.165, 1.54) is 11.3 Å². The maximum Gasteiger partial charge on any atom is 0.241 e. The van der Waals surface area contributed by atoms with Gasteiger partial charge in [-0.05, 0) is 26.5 Å². The fourth-order valence-corrected chi connectivity index (χ4v) is 4.43. The zero-order chi connectivity index (χ0) is 14.3. The maximum atomic E-state index is 12.2. The van der Waals surface area contributed by atoms with Gasteiger partial charge in [-0.25, -0.2) is 13.1 Å². The van der Waals surface area contributed by atoms with Crippen molar-refractivity contribution in [1.29, 1.82) is 0 Å². The van der Waals surface area contributed by atoms with Crippen LogP contribution in [0.4, 0.5) is 0 Å². The maximum absolute atomic E-state index is 12.2. The quantitative estimate of drug-likeness (QED) is 0.690. The average Bonchev–Trinajstić information content (AvgIpc) is 2.78. The second-order valence-electron chi connectivity index (χ2n) is 4.80. The lowest BCUT2D eigenvalue weighted by molar-refractivity contribution is 0.527. The van der Waals surface area contributed by atoms with Crippen molar-refractivity contribution in [1.82, 2.24) is 10.0 Å². The van der Waals surface area contributed by atoms with Gasteiger partial charge in [0.05, 0.1) is 4.90 Å². The average molecular weight is 304 g/mol. The van der Waals surface area contributed by atoms with Crippen LogP contribution in [0.2, 0.25) is 0 Å². The highest BCUT2D eigenvalue weighted by Crippen LogP contribution is 2.19. The summed E-state index contributed by atoms with van der Waals surface area (Å²) in [6, 6.07) is 1.73. The highest BCUT2D eigenvalue weighted by Gasteiger charge is 2.18. The second-order valence-corrected chi connectivity index (χ2v) is 7.51. The van der Waals surface area contributed by atoms with Gasteiger partial charge < -0.3 is 5.32 Å². The number of thiophene rings is 1. The molecule has 1 unspecified atom stereocenters. The molecule has 0 bridgehead atoms. The zero-order valence-corrected chi connectivity index (χ0v) is 13.5. The summed E-state index contributed by atoms with van der Waals surface area (Å²) < 4.78 is 27.1. The van der Waals surface area contributed by atoms with Gasteiger partial charge in [-0.3, -0.25) is 0 Å². The Bertz CT molecular complexity index is 469. The fraction of sp³-hybridized carbons (Fsp3) is 0.692. The second kappa shape index (κ2) is 7.99. The molecule has 1 heterocycles. The predicted molar refractivity (Wildman–Crippen MR) is 81.0 cm³/mol. The van der Waals surface area contributed by atoms with E-state index < -0.39 is 10.0 Å². The van der Waals surface area contributed by atoms with Crippen molar-refractivity contribution in [3.63, 3.8) is 0 Å². The Labute approximate surface area is 120 Å². The van der Waals surface area contributed by atoms with Crippen molar-refractivity contribution in [3.8, 4) is 0 Å². The molecule has 0 fully saturated rings. The third-order valence-electron chi connectivity index (χ3n) is 2.89. The Morgan fingerprint density at radius 3 is 2.74 bits per heavy atom. The molecule has 0 aromatic carbocycles. The molecule has 0 aliphatic heterocycles. The minimum Gasteiger partial charge on any atom is -0.315 e. The Balaban J connectivity index is 2.58. The minimum atomic E-state index is -3.36. The Morgan fingerprint density at radius 2 is 2.11 bits per heavy atom. The normalized spacial score (nSPS) is 13.6. The van der Waals surface area contributed by atoms with Crippen molar-refractivity contribution in [3.05, 3.63) is 16.3 Å². The first-order valence-electron chi connectivity index (χ1n) is 6.74. The molecule has 1 atom stereocenters.